The maximum Gasteiger partial charge on any atom is 0.317 e. The van der Waals surface area contributed by atoms with Crippen molar-refractivity contribution in [3.63, 3.8) is 0 Å². The van der Waals surface area contributed by atoms with Crippen LogP contribution in [-0.2, 0) is 21.2 Å². The third-order valence-electron chi connectivity index (χ3n) is 7.14. The summed E-state index contributed by atoms with van der Waals surface area (Å²) in [5.41, 5.74) is 0. The van der Waals surface area contributed by atoms with Crippen LogP contribution in [0.4, 0.5) is 0 Å². The van der Waals surface area contributed by atoms with E-state index in [0.29, 0.717) is 6.61 Å². The molecule has 0 saturated carbocycles. The normalized spacial score (nSPS) is 16.7. The van der Waals surface area contributed by atoms with Crippen molar-refractivity contribution < 1.29 is 31.4 Å². The van der Waals surface area contributed by atoms with Crippen molar-refractivity contribution in [1.29, 1.82) is 0 Å². The van der Waals surface area contributed by atoms with Gasteiger partial charge in [-0.1, -0.05) is 90.4 Å². The van der Waals surface area contributed by atoms with E-state index < -0.39 is 48.4 Å². The molecule has 3 atom stereocenters. The highest BCUT2D eigenvalue weighted by Crippen LogP contribution is 2.32. The van der Waals surface area contributed by atoms with E-state index in [0.717, 1.165) is 24.9 Å². The smallest absolute Gasteiger partial charge is 0.317 e. The largest absolute Gasteiger partial charge is 0.437 e. The molecule has 0 rings (SSSR count). The molecule has 2 N–H and O–H groups in total. The lowest BCUT2D eigenvalue weighted by Gasteiger charge is -2.44. The Balaban J connectivity index is 5.17. The van der Waals surface area contributed by atoms with Gasteiger partial charge >= 0.3 is 25.7 Å². The predicted octanol–water partition coefficient (Wildman–Crippen LogP) is 9.42. The van der Waals surface area contributed by atoms with Crippen LogP contribution in [0.5, 0.6) is 0 Å². The minimum atomic E-state index is -2.61. The minimum absolute atomic E-state index is 0.146. The highest BCUT2D eigenvalue weighted by Gasteiger charge is 2.48. The SMILES string of the molecule is CCCCCCCCCCCCCCC[Si](C)(O[Si](C)(C)O[Si](C)(C)C)O[Si](C)(CCCOCC(O)CO)O[Si](C)(C)C. The van der Waals surface area contributed by atoms with Crippen LogP contribution in [0.15, 0.2) is 0 Å². The Kier molecular flexibility index (Phi) is 22.8. The lowest BCUT2D eigenvalue weighted by atomic mass is 10.1. The topological polar surface area (TPSA) is 86.6 Å². The second-order valence-corrected chi connectivity index (χ2v) is 35.4. The number of aliphatic hydroxyl groups is 2. The van der Waals surface area contributed by atoms with Crippen LogP contribution in [0.1, 0.15) is 96.8 Å². The zero-order valence-electron chi connectivity index (χ0n) is 30.4. The summed E-state index contributed by atoms with van der Waals surface area (Å²) in [6, 6.07) is 1.78. The number of aliphatic hydroxyl groups excluding tert-OH is 2. The molecule has 7 nitrogen and oxygen atoms in total. The van der Waals surface area contributed by atoms with E-state index in [2.05, 4.69) is 72.4 Å². The van der Waals surface area contributed by atoms with E-state index in [-0.39, 0.29) is 13.2 Å². The second kappa shape index (κ2) is 22.4. The fraction of sp³-hybridized carbons (Fsp3) is 1.00. The van der Waals surface area contributed by atoms with Crippen molar-refractivity contribution in [2.45, 2.75) is 180 Å². The fourth-order valence-electron chi connectivity index (χ4n) is 5.86. The second-order valence-electron chi connectivity index (χ2n) is 15.3. The van der Waals surface area contributed by atoms with Crippen molar-refractivity contribution in [2.24, 2.45) is 0 Å². The predicted molar refractivity (Wildman–Crippen MR) is 196 cm³/mol. The first kappa shape index (κ1) is 43.8. The van der Waals surface area contributed by atoms with Gasteiger partial charge in [-0.25, -0.2) is 0 Å². The molecule has 0 aromatic rings. The Bertz CT molecular complexity index is 690. The Hall–Kier alpha value is 0.804. The van der Waals surface area contributed by atoms with E-state index >= 15 is 0 Å². The van der Waals surface area contributed by atoms with E-state index in [4.69, 9.17) is 26.3 Å². The van der Waals surface area contributed by atoms with Crippen LogP contribution in [0.2, 0.25) is 77.6 Å². The van der Waals surface area contributed by atoms with E-state index in [1.807, 2.05) is 0 Å². The summed E-state index contributed by atoms with van der Waals surface area (Å²) < 4.78 is 33.3. The molecule has 0 aliphatic carbocycles. The summed E-state index contributed by atoms with van der Waals surface area (Å²) in [5.74, 6) is 0. The molecule has 0 aliphatic heterocycles. The highest BCUT2D eigenvalue weighted by atomic mass is 28.5. The zero-order chi connectivity index (χ0) is 33.0. The van der Waals surface area contributed by atoms with Crippen molar-refractivity contribution in [3.05, 3.63) is 0 Å². The summed E-state index contributed by atoms with van der Waals surface area (Å²) >= 11 is 0. The van der Waals surface area contributed by atoms with Crippen LogP contribution in [0.3, 0.4) is 0 Å². The Labute approximate surface area is 273 Å². The first-order chi connectivity index (χ1) is 19.8. The standard InChI is InChI=1S/C31H74O7Si5/c1-12-13-14-15-16-17-18-19-20-21-22-23-24-27-43(11,37-41(8,9)35-39(2,3)4)38-42(10,36-40(5,6)7)28-25-26-34-30-31(33)29-32/h31-33H,12-30H2,1-11H3. The number of hydrogen-bond donors (Lipinski definition) is 2. The Morgan fingerprint density at radius 1 is 0.512 bits per heavy atom. The first-order valence-electron chi connectivity index (χ1n) is 17.5. The van der Waals surface area contributed by atoms with E-state index in [9.17, 15) is 5.11 Å². The summed E-state index contributed by atoms with van der Waals surface area (Å²) in [4.78, 5) is 0. The fourth-order valence-corrected chi connectivity index (χ4v) is 29.7. The maximum absolute atomic E-state index is 9.60. The van der Waals surface area contributed by atoms with Gasteiger partial charge in [-0.3, -0.25) is 0 Å². The van der Waals surface area contributed by atoms with Crippen LogP contribution >= 0.6 is 0 Å². The average Bonchev–Trinajstić information content (AvgIpc) is 2.83. The molecule has 0 aromatic heterocycles. The molecule has 0 spiro atoms. The summed E-state index contributed by atoms with van der Waals surface area (Å²) in [6.07, 6.45) is 17.4. The van der Waals surface area contributed by atoms with Gasteiger partial charge in [0.1, 0.15) is 6.10 Å². The first-order valence-corrected chi connectivity index (χ1v) is 32.2. The molecule has 0 bridgehead atoms. The number of rotatable bonds is 29. The molecular weight excluding hydrogens is 625 g/mol. The van der Waals surface area contributed by atoms with Gasteiger partial charge in [0.25, 0.3) is 0 Å². The summed E-state index contributed by atoms with van der Waals surface area (Å²) in [5, 5.41) is 18.7. The molecule has 0 fully saturated rings. The van der Waals surface area contributed by atoms with E-state index in [1.165, 1.54) is 77.0 Å². The highest BCUT2D eigenvalue weighted by molar-refractivity contribution is 6.90. The molecule has 260 valence electrons. The van der Waals surface area contributed by atoms with Gasteiger partial charge in [0.15, 0.2) is 16.6 Å². The van der Waals surface area contributed by atoms with Crippen molar-refractivity contribution in [3.8, 4) is 0 Å². The van der Waals surface area contributed by atoms with Gasteiger partial charge in [0.05, 0.1) is 13.2 Å². The van der Waals surface area contributed by atoms with Gasteiger partial charge in [0.2, 0.25) is 0 Å². The molecule has 0 amide bonds. The maximum atomic E-state index is 9.60. The quantitative estimate of drug-likeness (QED) is 0.0595. The summed E-state index contributed by atoms with van der Waals surface area (Å²) in [7, 11) is -11.2. The molecule has 43 heavy (non-hydrogen) atoms. The molecular formula is C31H74O7Si5. The van der Waals surface area contributed by atoms with Crippen molar-refractivity contribution in [2.75, 3.05) is 19.8 Å². The summed E-state index contributed by atoms with van der Waals surface area (Å²) in [6.45, 7) is 24.9. The average molecular weight is 699 g/mol. The zero-order valence-corrected chi connectivity index (χ0v) is 35.4. The Morgan fingerprint density at radius 3 is 1.37 bits per heavy atom. The Morgan fingerprint density at radius 2 is 0.930 bits per heavy atom. The third-order valence-corrected chi connectivity index (χ3v) is 25.4. The monoisotopic (exact) mass is 698 g/mol. The van der Waals surface area contributed by atoms with Crippen LogP contribution in [0, 0.1) is 0 Å². The lowest BCUT2D eigenvalue weighted by molar-refractivity contribution is 0.00623. The molecule has 0 aromatic carbocycles. The molecule has 0 aliphatic rings. The minimum Gasteiger partial charge on any atom is -0.437 e. The van der Waals surface area contributed by atoms with Gasteiger partial charge in [-0.2, -0.15) is 0 Å². The van der Waals surface area contributed by atoms with Crippen LogP contribution < -0.4 is 0 Å². The van der Waals surface area contributed by atoms with Crippen LogP contribution in [-0.4, -0.2) is 78.5 Å². The van der Waals surface area contributed by atoms with Gasteiger partial charge < -0.3 is 31.4 Å². The number of unbranched alkanes of at least 4 members (excludes halogenated alkanes) is 12. The van der Waals surface area contributed by atoms with Gasteiger partial charge in [-0.15, -0.1) is 0 Å². The van der Waals surface area contributed by atoms with E-state index in [1.54, 1.807) is 0 Å². The number of ether oxygens (including phenoxy) is 1. The van der Waals surface area contributed by atoms with Gasteiger partial charge in [-0.05, 0) is 84.0 Å². The van der Waals surface area contributed by atoms with Gasteiger partial charge in [0, 0.05) is 6.61 Å². The van der Waals surface area contributed by atoms with Crippen molar-refractivity contribution in [1.82, 2.24) is 0 Å². The third kappa shape index (κ3) is 26.6. The lowest BCUT2D eigenvalue weighted by Crippen LogP contribution is -2.60. The molecule has 0 saturated heterocycles. The number of hydrogen-bond acceptors (Lipinski definition) is 7. The van der Waals surface area contributed by atoms with Crippen molar-refractivity contribution >= 4 is 42.3 Å². The molecule has 0 heterocycles. The van der Waals surface area contributed by atoms with Crippen LogP contribution in [0.25, 0.3) is 0 Å². The molecule has 12 heteroatoms. The molecule has 3 unspecified atom stereocenters. The molecule has 0 radical (unpaired) electrons.